The minimum absolute atomic E-state index is 0.279. The Hall–Kier alpha value is -1.30. The lowest BCUT2D eigenvalue weighted by Gasteiger charge is -2.45. The molecule has 6 nitrogen and oxygen atoms in total. The van der Waals surface area contributed by atoms with Crippen LogP contribution < -0.4 is 5.32 Å². The van der Waals surface area contributed by atoms with Crippen molar-refractivity contribution in [2.24, 2.45) is 0 Å². The summed E-state index contributed by atoms with van der Waals surface area (Å²) >= 11 is 0. The number of rotatable bonds is 2. The molecule has 1 saturated carbocycles. The molecule has 2 heterocycles. The summed E-state index contributed by atoms with van der Waals surface area (Å²) in [5.74, 6) is -0.973. The van der Waals surface area contributed by atoms with Gasteiger partial charge in [0.1, 0.15) is 5.60 Å². The van der Waals surface area contributed by atoms with Crippen molar-refractivity contribution in [1.82, 2.24) is 5.32 Å². The van der Waals surface area contributed by atoms with E-state index in [1.54, 1.807) is 34.6 Å². The molecule has 19 heavy (non-hydrogen) atoms. The van der Waals surface area contributed by atoms with Gasteiger partial charge in [0.15, 0.2) is 5.60 Å². The number of alkyl carbamates (subject to hydrolysis) is 1. The second-order valence-corrected chi connectivity index (χ2v) is 6.97. The van der Waals surface area contributed by atoms with E-state index in [0.717, 1.165) is 0 Å². The Morgan fingerprint density at radius 2 is 1.79 bits per heavy atom. The van der Waals surface area contributed by atoms with Crippen molar-refractivity contribution in [3.63, 3.8) is 0 Å². The van der Waals surface area contributed by atoms with E-state index in [0.29, 0.717) is 0 Å². The molecule has 3 fully saturated rings. The van der Waals surface area contributed by atoms with E-state index in [2.05, 4.69) is 5.32 Å². The number of ether oxygens (including phenoxy) is 2. The number of hydrogen-bond donors (Lipinski definition) is 2. The minimum Gasteiger partial charge on any atom is -0.479 e. The molecule has 0 radical (unpaired) electrons. The molecular weight excluding hydrogens is 250 g/mol. The van der Waals surface area contributed by atoms with Crippen LogP contribution in [0.2, 0.25) is 0 Å². The van der Waals surface area contributed by atoms with Crippen LogP contribution in [0.4, 0.5) is 4.79 Å². The third-order valence-corrected chi connectivity index (χ3v) is 3.91. The zero-order valence-corrected chi connectivity index (χ0v) is 12.0. The smallest absolute Gasteiger partial charge is 0.408 e. The van der Waals surface area contributed by atoms with Gasteiger partial charge in [0.2, 0.25) is 0 Å². The van der Waals surface area contributed by atoms with Crippen molar-refractivity contribution in [2.75, 3.05) is 0 Å². The van der Waals surface area contributed by atoms with Crippen molar-refractivity contribution in [3.05, 3.63) is 0 Å². The Balaban J connectivity index is 2.10. The topological polar surface area (TPSA) is 84.9 Å². The van der Waals surface area contributed by atoms with Gasteiger partial charge in [-0.3, -0.25) is 0 Å². The molecule has 0 spiro atoms. The third-order valence-electron chi connectivity index (χ3n) is 3.91. The number of fused-ring (bicyclic) bond motifs is 1. The summed E-state index contributed by atoms with van der Waals surface area (Å²) in [6.45, 7) is 8.93. The lowest BCUT2D eigenvalue weighted by molar-refractivity contribution is -0.167. The monoisotopic (exact) mass is 271 g/mol. The van der Waals surface area contributed by atoms with Crippen LogP contribution in [0.1, 0.15) is 47.5 Å². The second-order valence-electron chi connectivity index (χ2n) is 6.97. The highest BCUT2D eigenvalue weighted by atomic mass is 16.6. The number of hydrogen-bond acceptors (Lipinski definition) is 4. The SMILES string of the molecule is CC(C)(C)OC(=O)NC12CC(C(=O)O)(C1)OC2(C)C. The van der Waals surface area contributed by atoms with E-state index in [1.165, 1.54) is 0 Å². The standard InChI is InChI=1S/C13H21NO5/c1-10(2,3)18-9(17)14-13-6-12(7-13,8(15)16)19-11(13,4)5/h6-7H2,1-5H3,(H,14,17)(H,15,16). The van der Waals surface area contributed by atoms with Gasteiger partial charge in [-0.25, -0.2) is 9.59 Å². The molecule has 0 unspecified atom stereocenters. The highest BCUT2D eigenvalue weighted by molar-refractivity contribution is 5.82. The van der Waals surface area contributed by atoms with Gasteiger partial charge >= 0.3 is 12.1 Å². The Kier molecular flexibility index (Phi) is 2.69. The summed E-state index contributed by atoms with van der Waals surface area (Å²) in [5, 5.41) is 12.0. The average Bonchev–Trinajstić information content (AvgIpc) is 2.42. The molecule has 2 saturated heterocycles. The summed E-state index contributed by atoms with van der Waals surface area (Å²) < 4.78 is 10.9. The number of carboxylic acids is 1. The van der Waals surface area contributed by atoms with Crippen LogP contribution in [-0.2, 0) is 14.3 Å². The zero-order valence-electron chi connectivity index (χ0n) is 12.0. The molecule has 3 aliphatic rings. The first-order chi connectivity index (χ1) is 8.42. The Morgan fingerprint density at radius 1 is 1.26 bits per heavy atom. The summed E-state index contributed by atoms with van der Waals surface area (Å²) in [6.07, 6.45) is 0.0217. The molecule has 0 atom stereocenters. The summed E-state index contributed by atoms with van der Waals surface area (Å²) in [7, 11) is 0. The van der Waals surface area contributed by atoms with Gasteiger partial charge in [0.05, 0.1) is 11.1 Å². The molecule has 1 amide bonds. The van der Waals surface area contributed by atoms with E-state index in [-0.39, 0.29) is 12.8 Å². The maximum absolute atomic E-state index is 11.9. The predicted octanol–water partition coefficient (Wildman–Crippen LogP) is 1.68. The molecule has 2 bridgehead atoms. The van der Waals surface area contributed by atoms with Gasteiger partial charge in [-0.1, -0.05) is 0 Å². The molecule has 6 heteroatoms. The molecule has 0 aromatic rings. The third kappa shape index (κ3) is 2.08. The number of carbonyl (C=O) groups excluding carboxylic acids is 1. The van der Waals surface area contributed by atoms with Crippen molar-refractivity contribution in [1.29, 1.82) is 0 Å². The molecule has 2 aliphatic heterocycles. The van der Waals surface area contributed by atoms with E-state index in [1.807, 2.05) is 0 Å². The van der Waals surface area contributed by atoms with E-state index < -0.39 is 34.4 Å². The Labute approximate surface area is 112 Å². The normalized spacial score (nSPS) is 35.4. The maximum atomic E-state index is 11.9. The van der Waals surface area contributed by atoms with Crippen molar-refractivity contribution < 1.29 is 24.2 Å². The van der Waals surface area contributed by atoms with Crippen molar-refractivity contribution in [3.8, 4) is 0 Å². The number of carbonyl (C=O) groups is 2. The van der Waals surface area contributed by atoms with Crippen LogP contribution >= 0.6 is 0 Å². The highest BCUT2D eigenvalue weighted by Crippen LogP contribution is 2.60. The van der Waals surface area contributed by atoms with Gasteiger partial charge in [-0.2, -0.15) is 0 Å². The van der Waals surface area contributed by atoms with Gasteiger partial charge in [0, 0.05) is 12.8 Å². The first-order valence-corrected chi connectivity index (χ1v) is 6.36. The molecular formula is C13H21NO5. The molecule has 0 aromatic carbocycles. The van der Waals surface area contributed by atoms with Crippen LogP contribution in [0.15, 0.2) is 0 Å². The van der Waals surface area contributed by atoms with Crippen molar-refractivity contribution in [2.45, 2.75) is 69.8 Å². The molecule has 1 aliphatic carbocycles. The predicted molar refractivity (Wildman–Crippen MR) is 66.9 cm³/mol. The second kappa shape index (κ2) is 3.62. The Morgan fingerprint density at radius 3 is 2.16 bits per heavy atom. The molecule has 0 aromatic heterocycles. The summed E-state index contributed by atoms with van der Waals surface area (Å²) in [5.41, 5.74) is -3.12. The highest BCUT2D eigenvalue weighted by Gasteiger charge is 2.75. The first-order valence-electron chi connectivity index (χ1n) is 6.36. The molecule has 2 N–H and O–H groups in total. The fourth-order valence-electron chi connectivity index (χ4n) is 2.94. The number of nitrogens with one attached hydrogen (secondary N) is 1. The fourth-order valence-corrected chi connectivity index (χ4v) is 2.94. The largest absolute Gasteiger partial charge is 0.479 e. The van der Waals surface area contributed by atoms with E-state index in [4.69, 9.17) is 9.47 Å². The van der Waals surface area contributed by atoms with E-state index in [9.17, 15) is 14.7 Å². The lowest BCUT2D eigenvalue weighted by Crippen LogP contribution is -2.66. The van der Waals surface area contributed by atoms with Gasteiger partial charge in [-0.15, -0.1) is 0 Å². The number of amides is 1. The van der Waals surface area contributed by atoms with Crippen LogP contribution in [-0.4, -0.2) is 39.5 Å². The minimum atomic E-state index is -1.15. The fraction of sp³-hybridized carbons (Fsp3) is 0.846. The summed E-state index contributed by atoms with van der Waals surface area (Å²) in [6, 6.07) is 0. The van der Waals surface area contributed by atoms with Crippen LogP contribution in [0.25, 0.3) is 0 Å². The first kappa shape index (κ1) is 14.1. The summed E-state index contributed by atoms with van der Waals surface area (Å²) in [4.78, 5) is 23.1. The maximum Gasteiger partial charge on any atom is 0.408 e. The van der Waals surface area contributed by atoms with Crippen molar-refractivity contribution >= 4 is 12.1 Å². The average molecular weight is 271 g/mol. The van der Waals surface area contributed by atoms with Gasteiger partial charge < -0.3 is 19.9 Å². The molecule has 3 rings (SSSR count). The van der Waals surface area contributed by atoms with Crippen LogP contribution in [0.5, 0.6) is 0 Å². The quantitative estimate of drug-likeness (QED) is 0.798. The Bertz CT molecular complexity index is 429. The zero-order chi connectivity index (χ0) is 14.7. The van der Waals surface area contributed by atoms with Crippen LogP contribution in [0, 0.1) is 0 Å². The molecule has 108 valence electrons. The lowest BCUT2D eigenvalue weighted by atomic mass is 9.62. The number of carboxylic acid groups (broad SMARTS) is 1. The van der Waals surface area contributed by atoms with Crippen LogP contribution in [0.3, 0.4) is 0 Å². The number of aliphatic carboxylic acids is 1. The van der Waals surface area contributed by atoms with E-state index >= 15 is 0 Å². The van der Waals surface area contributed by atoms with Gasteiger partial charge in [-0.05, 0) is 34.6 Å². The van der Waals surface area contributed by atoms with Gasteiger partial charge in [0.25, 0.3) is 0 Å².